The Balaban J connectivity index is -0.0000000272. The van der Waals surface area contributed by atoms with E-state index in [0.29, 0.717) is 87.8 Å². The lowest BCUT2D eigenvalue weighted by atomic mass is 10.2. The SMILES string of the molecule is C.C.C.C.C.C.C.C.C.C.C.C.C.C.C.C.C.C.CCC(C)C.CCC(C)OC.CCC(C)OCC(C)C.CCC(C)OCCO.CCC(C)OCCOC.CCC(C)OCCOc1ccccc1.CCC(C)Oc1ccccc1.CCCCCOC(C)CC.CCOCCOC(C)CC. The van der Waals surface area contributed by atoms with Crippen LogP contribution in [0.2, 0.25) is 0 Å². The summed E-state index contributed by atoms with van der Waals surface area (Å²) in [5.41, 5.74) is 0. The molecule has 0 heterocycles. The standard InChI is InChI=1S/C12H18O2.C10H14O.C9H20O.C8H18O2.C8H18O.C7H16O2.C6H14O2.C5H12O.C5H12.18CH4/c1-3-11(2)13-9-10-14-12-7-5-4-6-8-12;1-3-9(2)11-10-7-5-4-6-8-10;1-4-6-7-8-10-9(3)5-2;1-4-8(3)10-7-6-9-5-2;1-5-8(4)9-6-7(2)3;1-4-7(2)9-6-5-8-3;1-3-6(2)8-5-4-7;1-4-5(2)6-3;1-4-5(2)3;;;;;;;;;;;;;;;;;;/h4-8,11H,3,9-10H2,1-2H3;4-9H,3H2,1-2H3;9H,4-8H2,1-3H3;8H,4-7H2,1-3H3;7-8H,5-6H2,1-4H3;7H,4-6H2,1-3H3;6-7H,3-5H2,1-2H3;5H,4H2,1-3H3;5H,4H2,1-3H3;18*1H4. The van der Waals surface area contributed by atoms with Crippen LogP contribution < -0.4 is 9.47 Å². The maximum Gasteiger partial charge on any atom is 0.119 e. The molecule has 0 spiro atoms. The average molecular weight is 1460 g/mol. The topological polar surface area (TPSA) is 122 Å². The van der Waals surface area contributed by atoms with Gasteiger partial charge >= 0.3 is 0 Å². The largest absolute Gasteiger partial charge is 0.491 e. The molecule has 638 valence electrons. The molecule has 12 nitrogen and oxygen atoms in total. The predicted molar refractivity (Wildman–Crippen MR) is 476 cm³/mol. The van der Waals surface area contributed by atoms with E-state index in [2.05, 4.69) is 145 Å². The molecule has 0 aliphatic heterocycles. The Kier molecular flexibility index (Phi) is 253. The Hall–Kier alpha value is -2.36. The Morgan fingerprint density at radius 1 is 0.300 bits per heavy atom. The van der Waals surface area contributed by atoms with Gasteiger partial charge in [-0.3, -0.25) is 0 Å². The molecule has 12 heteroatoms. The number of aliphatic hydroxyl groups is 1. The van der Waals surface area contributed by atoms with Crippen LogP contribution in [0.15, 0.2) is 60.7 Å². The zero-order chi connectivity index (χ0) is 64.0. The number of para-hydroxylation sites is 2. The molecule has 0 saturated heterocycles. The van der Waals surface area contributed by atoms with Crippen LogP contribution in [0.1, 0.15) is 370 Å². The van der Waals surface area contributed by atoms with Crippen molar-refractivity contribution in [2.24, 2.45) is 11.8 Å². The van der Waals surface area contributed by atoms with Crippen molar-refractivity contribution >= 4 is 0 Å². The van der Waals surface area contributed by atoms with Crippen LogP contribution in [0.4, 0.5) is 0 Å². The van der Waals surface area contributed by atoms with Crippen LogP contribution in [0.3, 0.4) is 0 Å². The van der Waals surface area contributed by atoms with E-state index in [9.17, 15) is 0 Å². The molecule has 2 aromatic rings. The first-order valence-electron chi connectivity index (χ1n) is 32.4. The molecular weight excluding hydrogens is 1250 g/mol. The number of aliphatic hydroxyl groups excluding tert-OH is 1. The molecule has 8 atom stereocenters. The molecule has 8 unspecified atom stereocenters. The van der Waals surface area contributed by atoms with Gasteiger partial charge < -0.3 is 57.2 Å². The van der Waals surface area contributed by atoms with Gasteiger partial charge in [-0.2, -0.15) is 0 Å². The third-order valence-electron chi connectivity index (χ3n) is 12.3. The molecule has 1 N–H and O–H groups in total. The lowest BCUT2D eigenvalue weighted by Crippen LogP contribution is -2.13. The molecule has 0 aromatic heterocycles. The van der Waals surface area contributed by atoms with Crippen LogP contribution in [0.25, 0.3) is 0 Å². The Bertz CT molecular complexity index is 1320. The van der Waals surface area contributed by atoms with Crippen LogP contribution >= 0.6 is 0 Å². The maximum absolute atomic E-state index is 8.29. The number of hydrogen-bond acceptors (Lipinski definition) is 12. The summed E-state index contributed by atoms with van der Waals surface area (Å²) in [7, 11) is 3.41. The minimum absolute atomic E-state index is 0. The highest BCUT2D eigenvalue weighted by Gasteiger charge is 2.02. The van der Waals surface area contributed by atoms with Gasteiger partial charge in [0.05, 0.1) is 95.1 Å². The van der Waals surface area contributed by atoms with Gasteiger partial charge in [0.2, 0.25) is 0 Å². The number of rotatable bonds is 37. The summed E-state index contributed by atoms with van der Waals surface area (Å²) >= 11 is 0. The smallest absolute Gasteiger partial charge is 0.119 e. The highest BCUT2D eigenvalue weighted by atomic mass is 16.5. The highest BCUT2D eigenvalue weighted by molar-refractivity contribution is 5.21. The molecule has 2 rings (SSSR count). The fourth-order valence-electron chi connectivity index (χ4n) is 4.65. The van der Waals surface area contributed by atoms with Crippen molar-refractivity contribution in [3.8, 4) is 11.5 Å². The quantitative estimate of drug-likeness (QED) is 0.0648. The van der Waals surface area contributed by atoms with E-state index in [4.69, 9.17) is 57.2 Å². The first kappa shape index (κ1) is 173. The maximum atomic E-state index is 8.29. The summed E-state index contributed by atoms with van der Waals surface area (Å²) in [6.45, 7) is 56.0. The molecule has 2 aromatic carbocycles. The van der Waals surface area contributed by atoms with Gasteiger partial charge in [0.1, 0.15) is 18.1 Å². The average Bonchev–Trinajstić information content (AvgIpc) is 2.32. The van der Waals surface area contributed by atoms with Crippen molar-refractivity contribution in [2.45, 2.75) is 419 Å². The fraction of sp³-hybridized carbons (Fsp3) is 0.864. The monoisotopic (exact) mass is 1460 g/mol. The van der Waals surface area contributed by atoms with Gasteiger partial charge in [0, 0.05) is 34.0 Å². The van der Waals surface area contributed by atoms with Crippen LogP contribution in [0, 0.1) is 11.8 Å². The van der Waals surface area contributed by atoms with Gasteiger partial charge in [0.25, 0.3) is 0 Å². The minimum Gasteiger partial charge on any atom is -0.491 e. The van der Waals surface area contributed by atoms with E-state index in [1.54, 1.807) is 14.2 Å². The summed E-state index contributed by atoms with van der Waals surface area (Å²) in [6, 6.07) is 19.7. The number of ether oxygens (including phenoxy) is 11. The molecule has 100 heavy (non-hydrogen) atoms. The third kappa shape index (κ3) is 172. The third-order valence-corrected chi connectivity index (χ3v) is 12.3. The van der Waals surface area contributed by atoms with E-state index in [-0.39, 0.29) is 140 Å². The van der Waals surface area contributed by atoms with Gasteiger partial charge in [0.15, 0.2) is 0 Å². The Morgan fingerprint density at radius 3 is 0.870 bits per heavy atom. The van der Waals surface area contributed by atoms with Crippen molar-refractivity contribution < 1.29 is 57.2 Å². The second-order valence-corrected chi connectivity index (χ2v) is 21.1. The van der Waals surface area contributed by atoms with Gasteiger partial charge in [-0.05, 0) is 156 Å². The normalized spacial score (nSPS) is 10.8. The van der Waals surface area contributed by atoms with Crippen LogP contribution in [-0.2, 0) is 42.6 Å². The number of methoxy groups -OCH3 is 2. The molecule has 0 saturated carbocycles. The zero-order valence-electron chi connectivity index (χ0n) is 58.7. The van der Waals surface area contributed by atoms with E-state index in [0.717, 1.165) is 102 Å². The molecule has 0 aliphatic rings. The van der Waals surface area contributed by atoms with E-state index in [1.165, 1.54) is 25.7 Å². The molecule has 0 fully saturated rings. The van der Waals surface area contributed by atoms with E-state index in [1.807, 2.05) is 74.5 Å². The van der Waals surface area contributed by atoms with Crippen molar-refractivity contribution in [3.05, 3.63) is 60.7 Å². The lowest BCUT2D eigenvalue weighted by Gasteiger charge is -2.11. The van der Waals surface area contributed by atoms with Gasteiger partial charge in [-0.25, -0.2) is 0 Å². The van der Waals surface area contributed by atoms with Gasteiger partial charge in [-0.15, -0.1) is 0 Å². The van der Waals surface area contributed by atoms with E-state index < -0.39 is 0 Å². The van der Waals surface area contributed by atoms with E-state index >= 15 is 0 Å². The second-order valence-electron chi connectivity index (χ2n) is 21.1. The van der Waals surface area contributed by atoms with Crippen molar-refractivity contribution in [1.29, 1.82) is 0 Å². The molecular formula is C88H214O12. The summed E-state index contributed by atoms with van der Waals surface area (Å²) in [5.74, 6) is 3.41. The molecule has 0 bridgehead atoms. The summed E-state index contributed by atoms with van der Waals surface area (Å²) < 4.78 is 58.1. The van der Waals surface area contributed by atoms with Crippen molar-refractivity contribution in [3.63, 3.8) is 0 Å². The van der Waals surface area contributed by atoms with Crippen LogP contribution in [0.5, 0.6) is 11.5 Å². The van der Waals surface area contributed by atoms with Crippen molar-refractivity contribution in [1.82, 2.24) is 0 Å². The predicted octanol–water partition coefficient (Wildman–Crippen LogP) is 30.2. The van der Waals surface area contributed by atoms with Gasteiger partial charge in [-0.1, -0.05) is 286 Å². The lowest BCUT2D eigenvalue weighted by molar-refractivity contribution is 0.0142. The molecule has 0 radical (unpaired) electrons. The first-order chi connectivity index (χ1) is 39.1. The first-order valence-corrected chi connectivity index (χ1v) is 32.4. The zero-order valence-corrected chi connectivity index (χ0v) is 58.7. The summed E-state index contributed by atoms with van der Waals surface area (Å²) in [6.07, 6.45) is 16.7. The molecule has 0 aliphatic carbocycles. The Morgan fingerprint density at radius 2 is 0.600 bits per heavy atom. The fourth-order valence-corrected chi connectivity index (χ4v) is 4.65. The minimum atomic E-state index is 0. The van der Waals surface area contributed by atoms with Crippen molar-refractivity contribution in [2.75, 3.05) is 86.9 Å². The highest BCUT2D eigenvalue weighted by Crippen LogP contribution is 2.12. The Labute approximate surface area is 643 Å². The number of unbranched alkanes of at least 4 members (excludes halogenated alkanes) is 2. The summed E-state index contributed by atoms with van der Waals surface area (Å²) in [4.78, 5) is 0. The second kappa shape index (κ2) is 147. The number of hydrogen-bond donors (Lipinski definition) is 1. The van der Waals surface area contributed by atoms with Crippen LogP contribution in [-0.4, -0.2) is 141 Å². The number of benzene rings is 2. The molecule has 0 amide bonds. The summed E-state index contributed by atoms with van der Waals surface area (Å²) in [5, 5.41) is 8.29.